The van der Waals surface area contributed by atoms with Gasteiger partial charge < -0.3 is 4.79 Å². The Morgan fingerprint density at radius 3 is 2.45 bits per heavy atom. The summed E-state index contributed by atoms with van der Waals surface area (Å²) in [6.07, 6.45) is 4.27. The van der Waals surface area contributed by atoms with E-state index in [1.165, 1.54) is 0 Å². The number of carbonyl (C=O) groups is 2. The first-order valence-corrected chi connectivity index (χ1v) is 3.76. The van der Waals surface area contributed by atoms with Gasteiger partial charge in [0.1, 0.15) is 12.1 Å². The Balaban J connectivity index is 0. The van der Waals surface area contributed by atoms with E-state index >= 15 is 0 Å². The summed E-state index contributed by atoms with van der Waals surface area (Å²) < 4.78 is 0. The molecule has 0 amide bonds. The standard InChI is InChI=1S/C8H14O2.Na.H/c1-2-5-8(10)6-3-4-7-9;;/h7H,2-6H2,1H3;;. The first-order chi connectivity index (χ1) is 4.81. The average Bonchev–Trinajstić information content (AvgIpc) is 1.89. The van der Waals surface area contributed by atoms with Gasteiger partial charge in [0.05, 0.1) is 0 Å². The van der Waals surface area contributed by atoms with Gasteiger partial charge in [-0.25, -0.2) is 0 Å². The van der Waals surface area contributed by atoms with Crippen LogP contribution in [0.3, 0.4) is 0 Å². The van der Waals surface area contributed by atoms with Crippen molar-refractivity contribution in [1.82, 2.24) is 0 Å². The zero-order valence-corrected chi connectivity index (χ0v) is 6.43. The summed E-state index contributed by atoms with van der Waals surface area (Å²) in [5.74, 6) is 0.282. The molecule has 0 aromatic carbocycles. The molecule has 11 heavy (non-hydrogen) atoms. The van der Waals surface area contributed by atoms with E-state index < -0.39 is 0 Å². The SMILES string of the molecule is CCCC(=O)CCCC=O.[NaH]. The Labute approximate surface area is 90.0 Å². The van der Waals surface area contributed by atoms with Crippen LogP contribution in [0.5, 0.6) is 0 Å². The molecule has 0 atom stereocenters. The molecule has 0 saturated carbocycles. The minimum atomic E-state index is 0. The van der Waals surface area contributed by atoms with Crippen LogP contribution in [0.4, 0.5) is 0 Å². The molecule has 0 spiro atoms. The van der Waals surface area contributed by atoms with E-state index in [0.29, 0.717) is 19.3 Å². The van der Waals surface area contributed by atoms with Gasteiger partial charge in [-0.1, -0.05) is 6.92 Å². The summed E-state index contributed by atoms with van der Waals surface area (Å²) in [4.78, 5) is 20.6. The molecule has 0 rings (SSSR count). The molecule has 0 bridgehead atoms. The normalized spacial score (nSPS) is 8.45. The molecular weight excluding hydrogens is 151 g/mol. The summed E-state index contributed by atoms with van der Waals surface area (Å²) in [7, 11) is 0. The van der Waals surface area contributed by atoms with Crippen molar-refractivity contribution in [3.05, 3.63) is 0 Å². The van der Waals surface area contributed by atoms with Crippen LogP contribution in [0.2, 0.25) is 0 Å². The van der Waals surface area contributed by atoms with Crippen molar-refractivity contribution in [2.75, 3.05) is 0 Å². The second kappa shape index (κ2) is 10.3. The number of rotatable bonds is 6. The van der Waals surface area contributed by atoms with Crippen LogP contribution in [-0.4, -0.2) is 41.6 Å². The van der Waals surface area contributed by atoms with Gasteiger partial charge in [-0.2, -0.15) is 0 Å². The molecule has 60 valence electrons. The van der Waals surface area contributed by atoms with Crippen molar-refractivity contribution in [2.45, 2.75) is 39.0 Å². The topological polar surface area (TPSA) is 34.1 Å². The van der Waals surface area contributed by atoms with Crippen molar-refractivity contribution < 1.29 is 9.59 Å². The molecule has 0 saturated heterocycles. The Morgan fingerprint density at radius 1 is 1.36 bits per heavy atom. The summed E-state index contributed by atoms with van der Waals surface area (Å²) in [5, 5.41) is 0. The fraction of sp³-hybridized carbons (Fsp3) is 0.750. The van der Waals surface area contributed by atoms with Gasteiger partial charge >= 0.3 is 29.6 Å². The van der Waals surface area contributed by atoms with Gasteiger partial charge in [0.2, 0.25) is 0 Å². The van der Waals surface area contributed by atoms with Crippen LogP contribution in [0.1, 0.15) is 39.0 Å². The van der Waals surface area contributed by atoms with Crippen molar-refractivity contribution in [3.63, 3.8) is 0 Å². The quantitative estimate of drug-likeness (QED) is 0.336. The van der Waals surface area contributed by atoms with Crippen LogP contribution in [0.15, 0.2) is 0 Å². The van der Waals surface area contributed by atoms with Crippen LogP contribution in [-0.2, 0) is 9.59 Å². The fourth-order valence-electron chi connectivity index (χ4n) is 0.786. The molecule has 0 heterocycles. The Morgan fingerprint density at radius 2 is 2.00 bits per heavy atom. The third-order valence-corrected chi connectivity index (χ3v) is 1.31. The molecule has 0 aliphatic carbocycles. The Hall–Kier alpha value is 0.340. The Kier molecular flexibility index (Phi) is 13.1. The molecule has 0 radical (unpaired) electrons. The van der Waals surface area contributed by atoms with Crippen LogP contribution in [0.25, 0.3) is 0 Å². The molecule has 0 N–H and O–H groups in total. The molecule has 0 unspecified atom stereocenters. The number of hydrogen-bond donors (Lipinski definition) is 0. The van der Waals surface area contributed by atoms with Gasteiger partial charge in [-0.05, 0) is 12.8 Å². The first-order valence-electron chi connectivity index (χ1n) is 3.76. The first kappa shape index (κ1) is 13.9. The van der Waals surface area contributed by atoms with E-state index in [2.05, 4.69) is 0 Å². The van der Waals surface area contributed by atoms with Crippen molar-refractivity contribution in [2.24, 2.45) is 0 Å². The number of ketones is 1. The summed E-state index contributed by atoms with van der Waals surface area (Å²) >= 11 is 0. The van der Waals surface area contributed by atoms with Crippen LogP contribution < -0.4 is 0 Å². The minimum absolute atomic E-state index is 0. The van der Waals surface area contributed by atoms with E-state index in [-0.39, 0.29) is 35.3 Å². The molecule has 0 aliphatic heterocycles. The van der Waals surface area contributed by atoms with E-state index in [1.54, 1.807) is 0 Å². The summed E-state index contributed by atoms with van der Waals surface area (Å²) in [6, 6.07) is 0. The number of carbonyl (C=O) groups excluding carboxylic acids is 2. The van der Waals surface area contributed by atoms with E-state index in [1.807, 2.05) is 6.92 Å². The monoisotopic (exact) mass is 166 g/mol. The molecule has 0 aromatic rings. The van der Waals surface area contributed by atoms with Crippen molar-refractivity contribution in [3.8, 4) is 0 Å². The van der Waals surface area contributed by atoms with Crippen molar-refractivity contribution in [1.29, 1.82) is 0 Å². The fourth-order valence-corrected chi connectivity index (χ4v) is 0.786. The Bertz CT molecular complexity index is 113. The van der Waals surface area contributed by atoms with Crippen LogP contribution in [0, 0.1) is 0 Å². The molecular formula is C8H15NaO2. The van der Waals surface area contributed by atoms with Gasteiger partial charge in [-0.15, -0.1) is 0 Å². The predicted molar refractivity (Wildman–Crippen MR) is 47.0 cm³/mol. The maximum atomic E-state index is 10.8. The molecule has 0 aromatic heterocycles. The maximum absolute atomic E-state index is 10.8. The van der Waals surface area contributed by atoms with Gasteiger partial charge in [0.15, 0.2) is 0 Å². The zero-order chi connectivity index (χ0) is 7.82. The zero-order valence-electron chi connectivity index (χ0n) is 6.43. The van der Waals surface area contributed by atoms with Gasteiger partial charge in [0, 0.05) is 19.3 Å². The van der Waals surface area contributed by atoms with E-state index in [0.717, 1.165) is 19.1 Å². The van der Waals surface area contributed by atoms with Crippen molar-refractivity contribution >= 4 is 41.6 Å². The number of hydrogen-bond acceptors (Lipinski definition) is 2. The number of aldehydes is 1. The van der Waals surface area contributed by atoms with E-state index in [4.69, 9.17) is 0 Å². The third kappa shape index (κ3) is 10.3. The second-order valence-electron chi connectivity index (χ2n) is 2.35. The van der Waals surface area contributed by atoms with E-state index in [9.17, 15) is 9.59 Å². The summed E-state index contributed by atoms with van der Waals surface area (Å²) in [6.45, 7) is 1.98. The number of unbranched alkanes of at least 4 members (excludes halogenated alkanes) is 1. The molecule has 0 fully saturated rings. The molecule has 3 heteroatoms. The third-order valence-electron chi connectivity index (χ3n) is 1.31. The number of Topliss-reactive ketones (excluding diaryl/α,β-unsaturated/α-hetero) is 1. The van der Waals surface area contributed by atoms with Gasteiger partial charge in [0.25, 0.3) is 0 Å². The van der Waals surface area contributed by atoms with Crippen LogP contribution >= 0.6 is 0 Å². The predicted octanol–water partition coefficient (Wildman–Crippen LogP) is 1.08. The second-order valence-corrected chi connectivity index (χ2v) is 2.35. The average molecular weight is 166 g/mol. The summed E-state index contributed by atoms with van der Waals surface area (Å²) in [5.41, 5.74) is 0. The van der Waals surface area contributed by atoms with Gasteiger partial charge in [-0.3, -0.25) is 4.79 Å². The molecule has 2 nitrogen and oxygen atoms in total. The molecule has 0 aliphatic rings.